The number of hydrogen-bond donors (Lipinski definition) is 2. The molecule has 1 aliphatic heterocycles. The van der Waals surface area contributed by atoms with Crippen LogP contribution in [0.3, 0.4) is 0 Å². The molecule has 0 saturated carbocycles. The highest BCUT2D eigenvalue weighted by Crippen LogP contribution is 2.40. The van der Waals surface area contributed by atoms with Gasteiger partial charge in [0.25, 0.3) is 0 Å². The number of esters is 1. The van der Waals surface area contributed by atoms with Gasteiger partial charge in [-0.1, -0.05) is 23.7 Å². The molecule has 2 heterocycles. The Morgan fingerprint density at radius 3 is 2.42 bits per heavy atom. The Bertz CT molecular complexity index is 1080. The van der Waals surface area contributed by atoms with Crippen molar-refractivity contribution in [2.75, 3.05) is 4.90 Å². The van der Waals surface area contributed by atoms with Crippen molar-refractivity contribution in [2.45, 2.75) is 59.6 Å². The van der Waals surface area contributed by atoms with E-state index in [-0.39, 0.29) is 18.1 Å². The predicted molar refractivity (Wildman–Crippen MR) is 129 cm³/mol. The number of fused-ring (bicyclic) bond motifs is 1. The summed E-state index contributed by atoms with van der Waals surface area (Å²) in [5.41, 5.74) is 2.84. The Kier molecular flexibility index (Phi) is 6.39. The lowest BCUT2D eigenvalue weighted by atomic mass is 9.99. The number of thiophene rings is 1. The maximum Gasteiger partial charge on any atom is 0.308 e. The number of amidine groups is 2. The molecule has 1 unspecified atom stereocenters. The first-order valence-corrected chi connectivity index (χ1v) is 11.2. The van der Waals surface area contributed by atoms with Crippen molar-refractivity contribution in [2.24, 2.45) is 4.99 Å². The third-order valence-electron chi connectivity index (χ3n) is 4.88. The van der Waals surface area contributed by atoms with Gasteiger partial charge in [-0.3, -0.25) is 25.5 Å². The van der Waals surface area contributed by atoms with Crippen LogP contribution in [0.25, 0.3) is 0 Å². The summed E-state index contributed by atoms with van der Waals surface area (Å²) < 4.78 is 5.49. The molecule has 0 bridgehead atoms. The standard InChI is InChI=1S/C23H27ClN4O2S/c1-12-13(2)31-22-19(12)20(15-7-9-16(24)10-8-15)27-17(21(26)28(22)14(3)25)11-18(29)30-23(4,5)6/h7-10,17,25-26H,11H2,1-6H3. The van der Waals surface area contributed by atoms with Crippen LogP contribution >= 0.6 is 22.9 Å². The monoisotopic (exact) mass is 458 g/mol. The highest BCUT2D eigenvalue weighted by Gasteiger charge is 2.35. The molecular weight excluding hydrogens is 432 g/mol. The van der Waals surface area contributed by atoms with Gasteiger partial charge in [-0.05, 0) is 59.2 Å². The zero-order valence-corrected chi connectivity index (χ0v) is 20.2. The first-order chi connectivity index (χ1) is 14.4. The van der Waals surface area contributed by atoms with Gasteiger partial charge in [0.15, 0.2) is 0 Å². The molecule has 0 spiro atoms. The Morgan fingerprint density at radius 2 is 1.87 bits per heavy atom. The van der Waals surface area contributed by atoms with Gasteiger partial charge in [0.1, 0.15) is 28.3 Å². The summed E-state index contributed by atoms with van der Waals surface area (Å²) in [7, 11) is 0. The second-order valence-electron chi connectivity index (χ2n) is 8.56. The summed E-state index contributed by atoms with van der Waals surface area (Å²) in [4.78, 5) is 20.2. The molecular formula is C23H27ClN4O2S. The van der Waals surface area contributed by atoms with Crippen LogP contribution in [0.4, 0.5) is 5.00 Å². The molecule has 0 saturated heterocycles. The molecule has 8 heteroatoms. The fourth-order valence-corrected chi connectivity index (χ4v) is 4.78. The van der Waals surface area contributed by atoms with Crippen LogP contribution in [0.2, 0.25) is 5.02 Å². The lowest BCUT2D eigenvalue weighted by Crippen LogP contribution is -2.41. The highest BCUT2D eigenvalue weighted by molar-refractivity contribution is 7.17. The molecule has 0 radical (unpaired) electrons. The fraction of sp³-hybridized carbons (Fsp3) is 0.391. The summed E-state index contributed by atoms with van der Waals surface area (Å²) in [6, 6.07) is 6.59. The quantitative estimate of drug-likeness (QED) is 0.348. The van der Waals surface area contributed by atoms with E-state index < -0.39 is 17.6 Å². The van der Waals surface area contributed by atoms with E-state index in [4.69, 9.17) is 32.1 Å². The van der Waals surface area contributed by atoms with E-state index in [0.29, 0.717) is 10.7 Å². The van der Waals surface area contributed by atoms with Gasteiger partial charge in [0.05, 0.1) is 12.1 Å². The van der Waals surface area contributed by atoms with Crippen molar-refractivity contribution >= 4 is 51.3 Å². The van der Waals surface area contributed by atoms with Crippen molar-refractivity contribution < 1.29 is 9.53 Å². The van der Waals surface area contributed by atoms with Gasteiger partial charge >= 0.3 is 5.97 Å². The number of carbonyl (C=O) groups is 1. The second-order valence-corrected chi connectivity index (χ2v) is 10.2. The summed E-state index contributed by atoms with van der Waals surface area (Å²) in [5.74, 6) is -0.138. The van der Waals surface area contributed by atoms with Gasteiger partial charge in [-0.25, -0.2) is 0 Å². The van der Waals surface area contributed by atoms with Crippen molar-refractivity contribution in [1.82, 2.24) is 0 Å². The average molecular weight is 459 g/mol. The van der Waals surface area contributed by atoms with Crippen molar-refractivity contribution in [1.29, 1.82) is 10.8 Å². The van der Waals surface area contributed by atoms with E-state index in [2.05, 4.69) is 0 Å². The van der Waals surface area contributed by atoms with Crippen LogP contribution in [0, 0.1) is 24.7 Å². The molecule has 31 heavy (non-hydrogen) atoms. The third-order valence-corrected chi connectivity index (χ3v) is 6.33. The average Bonchev–Trinajstić information content (AvgIpc) is 2.85. The van der Waals surface area contributed by atoms with Crippen molar-refractivity contribution in [3.63, 3.8) is 0 Å². The Balaban J connectivity index is 2.19. The zero-order chi connectivity index (χ0) is 23.1. The summed E-state index contributed by atoms with van der Waals surface area (Å²) in [6.07, 6.45) is -0.0794. The summed E-state index contributed by atoms with van der Waals surface area (Å²) in [6.45, 7) is 11.1. The molecule has 1 aromatic heterocycles. The van der Waals surface area contributed by atoms with E-state index in [1.807, 2.05) is 46.8 Å². The van der Waals surface area contributed by atoms with Crippen LogP contribution in [-0.2, 0) is 9.53 Å². The molecule has 2 aromatic rings. The molecule has 1 atom stereocenters. The molecule has 164 valence electrons. The molecule has 2 N–H and O–H groups in total. The minimum absolute atomic E-state index is 0.0794. The molecule has 1 aliphatic rings. The van der Waals surface area contributed by atoms with E-state index >= 15 is 0 Å². The van der Waals surface area contributed by atoms with E-state index in [0.717, 1.165) is 26.6 Å². The maximum absolute atomic E-state index is 12.6. The number of hydrogen-bond acceptors (Lipinski definition) is 6. The fourth-order valence-electron chi connectivity index (χ4n) is 3.43. The van der Waals surface area contributed by atoms with Crippen LogP contribution in [0.1, 0.15) is 55.7 Å². The first-order valence-electron chi connectivity index (χ1n) is 9.98. The minimum atomic E-state index is -0.778. The number of nitrogens with zero attached hydrogens (tertiary/aromatic N) is 2. The number of carbonyl (C=O) groups excluding carboxylic acids is 1. The van der Waals surface area contributed by atoms with Crippen LogP contribution in [0.15, 0.2) is 29.3 Å². The lowest BCUT2D eigenvalue weighted by molar-refractivity contribution is -0.154. The van der Waals surface area contributed by atoms with Gasteiger partial charge in [-0.15, -0.1) is 11.3 Å². The number of rotatable bonds is 3. The number of anilines is 1. The Labute approximate surface area is 191 Å². The molecule has 0 fully saturated rings. The van der Waals surface area contributed by atoms with E-state index in [9.17, 15) is 4.79 Å². The molecule has 3 rings (SSSR count). The minimum Gasteiger partial charge on any atom is -0.460 e. The maximum atomic E-state index is 12.6. The number of aliphatic imine (C=N–C) groups is 1. The second kappa shape index (κ2) is 8.55. The van der Waals surface area contributed by atoms with Gasteiger partial charge in [0.2, 0.25) is 0 Å². The van der Waals surface area contributed by atoms with Crippen molar-refractivity contribution in [3.05, 3.63) is 50.9 Å². The summed E-state index contributed by atoms with van der Waals surface area (Å²) >= 11 is 7.62. The Hall–Kier alpha value is -2.51. The predicted octanol–water partition coefficient (Wildman–Crippen LogP) is 5.75. The molecule has 0 aliphatic carbocycles. The number of nitrogens with one attached hydrogen (secondary N) is 2. The lowest BCUT2D eigenvalue weighted by Gasteiger charge is -2.25. The summed E-state index contributed by atoms with van der Waals surface area (Å²) in [5, 5.41) is 18.6. The largest absolute Gasteiger partial charge is 0.460 e. The normalized spacial score (nSPS) is 16.5. The van der Waals surface area contributed by atoms with Gasteiger partial charge in [-0.2, -0.15) is 0 Å². The number of halogens is 1. The van der Waals surface area contributed by atoms with E-state index in [1.165, 1.54) is 11.3 Å². The van der Waals surface area contributed by atoms with Crippen LogP contribution in [-0.4, -0.2) is 35.0 Å². The van der Waals surface area contributed by atoms with Gasteiger partial charge in [0, 0.05) is 21.0 Å². The third kappa shape index (κ3) is 4.88. The zero-order valence-electron chi connectivity index (χ0n) is 18.6. The van der Waals surface area contributed by atoms with Crippen molar-refractivity contribution in [3.8, 4) is 0 Å². The van der Waals surface area contributed by atoms with E-state index in [1.54, 1.807) is 24.0 Å². The number of benzene rings is 1. The smallest absolute Gasteiger partial charge is 0.308 e. The topological polar surface area (TPSA) is 89.6 Å². The van der Waals surface area contributed by atoms with Crippen LogP contribution in [0.5, 0.6) is 0 Å². The van der Waals surface area contributed by atoms with Crippen LogP contribution < -0.4 is 4.90 Å². The molecule has 0 amide bonds. The highest BCUT2D eigenvalue weighted by atomic mass is 35.5. The molecule has 1 aromatic carbocycles. The number of ether oxygens (including phenoxy) is 1. The number of aryl methyl sites for hydroxylation is 1. The first kappa shape index (κ1) is 23.2. The molecule has 6 nitrogen and oxygen atoms in total. The Morgan fingerprint density at radius 1 is 1.26 bits per heavy atom. The SMILES string of the molecule is CC(=N)N1C(=N)C(CC(=O)OC(C)(C)C)N=C(c2ccc(Cl)cc2)c2c1sc(C)c2C. The van der Waals surface area contributed by atoms with Gasteiger partial charge < -0.3 is 4.74 Å².